The van der Waals surface area contributed by atoms with Crippen LogP contribution in [0.1, 0.15) is 17.3 Å². The van der Waals surface area contributed by atoms with Crippen molar-refractivity contribution in [2.45, 2.75) is 6.92 Å². The lowest BCUT2D eigenvalue weighted by Gasteiger charge is -2.36. The lowest BCUT2D eigenvalue weighted by molar-refractivity contribution is 0.102. The van der Waals surface area contributed by atoms with E-state index in [1.54, 1.807) is 24.3 Å². The van der Waals surface area contributed by atoms with Gasteiger partial charge < -0.3 is 15.1 Å². The summed E-state index contributed by atoms with van der Waals surface area (Å²) >= 11 is 18.4. The SMILES string of the molecule is CCN1CCN(c2ccc(NC(=O)c3ccc(Cl)cc3Cl)cc2Cl)CC1. The summed E-state index contributed by atoms with van der Waals surface area (Å²) in [5, 5.41) is 4.25. The standard InChI is InChI=1S/C19H20Cl3N3O/c1-2-24-7-9-25(10-8-24)18-6-4-14(12-17(18)22)23-19(26)15-5-3-13(20)11-16(15)21/h3-6,11-12H,2,7-10H2,1H3,(H,23,26). The molecule has 4 nitrogen and oxygen atoms in total. The number of nitrogens with one attached hydrogen (secondary N) is 1. The van der Waals surface area contributed by atoms with Crippen molar-refractivity contribution in [3.63, 3.8) is 0 Å². The molecule has 1 heterocycles. The average Bonchev–Trinajstić information content (AvgIpc) is 2.62. The van der Waals surface area contributed by atoms with Gasteiger partial charge in [-0.15, -0.1) is 0 Å². The fourth-order valence-corrected chi connectivity index (χ4v) is 3.81. The van der Waals surface area contributed by atoms with Crippen LogP contribution < -0.4 is 10.2 Å². The Balaban J connectivity index is 1.70. The number of anilines is 2. The Kier molecular flexibility index (Phi) is 6.30. The monoisotopic (exact) mass is 411 g/mol. The summed E-state index contributed by atoms with van der Waals surface area (Å²) in [6.45, 7) is 7.19. The molecule has 0 aromatic heterocycles. The lowest BCUT2D eigenvalue weighted by atomic mass is 10.2. The van der Waals surface area contributed by atoms with E-state index in [1.807, 2.05) is 12.1 Å². The van der Waals surface area contributed by atoms with E-state index in [1.165, 1.54) is 0 Å². The minimum absolute atomic E-state index is 0.299. The van der Waals surface area contributed by atoms with Crippen molar-refractivity contribution < 1.29 is 4.79 Å². The highest BCUT2D eigenvalue weighted by molar-refractivity contribution is 6.37. The first-order valence-electron chi connectivity index (χ1n) is 8.51. The molecule has 0 aliphatic carbocycles. The van der Waals surface area contributed by atoms with E-state index in [-0.39, 0.29) is 5.91 Å². The van der Waals surface area contributed by atoms with Gasteiger partial charge in [-0.2, -0.15) is 0 Å². The molecule has 0 radical (unpaired) electrons. The highest BCUT2D eigenvalue weighted by Crippen LogP contribution is 2.30. The Hall–Kier alpha value is -1.46. The molecule has 0 saturated carbocycles. The maximum Gasteiger partial charge on any atom is 0.257 e. The molecule has 138 valence electrons. The Morgan fingerprint density at radius 1 is 1.00 bits per heavy atom. The Morgan fingerprint density at radius 3 is 2.35 bits per heavy atom. The first-order chi connectivity index (χ1) is 12.5. The predicted molar refractivity (Wildman–Crippen MR) is 110 cm³/mol. The maximum absolute atomic E-state index is 12.4. The van der Waals surface area contributed by atoms with Crippen molar-refractivity contribution in [2.24, 2.45) is 0 Å². The van der Waals surface area contributed by atoms with Crippen LogP contribution >= 0.6 is 34.8 Å². The molecule has 0 spiro atoms. The molecule has 1 aliphatic heterocycles. The third-order valence-corrected chi connectivity index (χ3v) is 5.39. The number of likely N-dealkylation sites (N-methyl/N-ethyl adjacent to an activating group) is 1. The molecular formula is C19H20Cl3N3O. The van der Waals surface area contributed by atoms with Gasteiger partial charge in [0.05, 0.1) is 21.3 Å². The van der Waals surface area contributed by atoms with Crippen LogP contribution in [0, 0.1) is 0 Å². The molecule has 2 aromatic rings. The number of nitrogens with zero attached hydrogens (tertiary/aromatic N) is 2. The third kappa shape index (κ3) is 4.44. The smallest absolute Gasteiger partial charge is 0.257 e. The van der Waals surface area contributed by atoms with Crippen molar-refractivity contribution in [1.82, 2.24) is 4.90 Å². The summed E-state index contributed by atoms with van der Waals surface area (Å²) in [7, 11) is 0. The van der Waals surface area contributed by atoms with E-state index in [0.29, 0.717) is 26.3 Å². The zero-order valence-corrected chi connectivity index (χ0v) is 16.7. The topological polar surface area (TPSA) is 35.6 Å². The number of carbonyl (C=O) groups is 1. The van der Waals surface area contributed by atoms with Crippen LogP contribution in [0.2, 0.25) is 15.1 Å². The average molecular weight is 413 g/mol. The first kappa shape index (κ1) is 19.3. The van der Waals surface area contributed by atoms with Gasteiger partial charge in [0.1, 0.15) is 0 Å². The minimum atomic E-state index is -0.299. The Morgan fingerprint density at radius 2 is 1.73 bits per heavy atom. The molecule has 7 heteroatoms. The van der Waals surface area contributed by atoms with Gasteiger partial charge in [0.2, 0.25) is 0 Å². The molecule has 1 aliphatic rings. The second-order valence-electron chi connectivity index (χ2n) is 6.17. The number of piperazine rings is 1. The van der Waals surface area contributed by atoms with E-state index >= 15 is 0 Å². The number of benzene rings is 2. The largest absolute Gasteiger partial charge is 0.368 e. The van der Waals surface area contributed by atoms with Crippen molar-refractivity contribution >= 4 is 52.1 Å². The van der Waals surface area contributed by atoms with Gasteiger partial charge >= 0.3 is 0 Å². The number of hydrogen-bond donors (Lipinski definition) is 1. The summed E-state index contributed by atoms with van der Waals surface area (Å²) in [5.74, 6) is -0.299. The quantitative estimate of drug-likeness (QED) is 0.764. The van der Waals surface area contributed by atoms with Gasteiger partial charge in [-0.05, 0) is 42.9 Å². The van der Waals surface area contributed by atoms with Crippen LogP contribution in [-0.4, -0.2) is 43.5 Å². The van der Waals surface area contributed by atoms with E-state index in [9.17, 15) is 4.79 Å². The van der Waals surface area contributed by atoms with Gasteiger partial charge in [-0.25, -0.2) is 0 Å². The second-order valence-corrected chi connectivity index (χ2v) is 7.42. The van der Waals surface area contributed by atoms with Crippen molar-refractivity contribution in [1.29, 1.82) is 0 Å². The normalized spacial score (nSPS) is 15.2. The van der Waals surface area contributed by atoms with Crippen LogP contribution in [0.5, 0.6) is 0 Å². The summed E-state index contributed by atoms with van der Waals surface area (Å²) < 4.78 is 0. The second kappa shape index (κ2) is 8.49. The summed E-state index contributed by atoms with van der Waals surface area (Å²) in [4.78, 5) is 17.1. The molecule has 1 N–H and O–H groups in total. The molecule has 26 heavy (non-hydrogen) atoms. The van der Waals surface area contributed by atoms with Crippen LogP contribution in [0.15, 0.2) is 36.4 Å². The highest BCUT2D eigenvalue weighted by atomic mass is 35.5. The first-order valence-corrected chi connectivity index (χ1v) is 9.64. The van der Waals surface area contributed by atoms with E-state index < -0.39 is 0 Å². The summed E-state index contributed by atoms with van der Waals surface area (Å²) in [6, 6.07) is 10.4. The number of rotatable bonds is 4. The maximum atomic E-state index is 12.4. The Bertz CT molecular complexity index is 805. The van der Waals surface area contributed by atoms with Gasteiger partial charge in [0.15, 0.2) is 0 Å². The zero-order valence-electron chi connectivity index (χ0n) is 14.4. The van der Waals surface area contributed by atoms with E-state index in [4.69, 9.17) is 34.8 Å². The molecule has 0 bridgehead atoms. The molecule has 1 fully saturated rings. The zero-order chi connectivity index (χ0) is 18.7. The third-order valence-electron chi connectivity index (χ3n) is 4.54. The molecule has 1 saturated heterocycles. The highest BCUT2D eigenvalue weighted by Gasteiger charge is 2.18. The van der Waals surface area contributed by atoms with Crippen LogP contribution in [0.3, 0.4) is 0 Å². The molecule has 0 atom stereocenters. The molecular weight excluding hydrogens is 393 g/mol. The number of carbonyl (C=O) groups excluding carboxylic acids is 1. The number of amides is 1. The van der Waals surface area contributed by atoms with Crippen LogP contribution in [0.4, 0.5) is 11.4 Å². The lowest BCUT2D eigenvalue weighted by Crippen LogP contribution is -2.46. The molecule has 1 amide bonds. The summed E-state index contributed by atoms with van der Waals surface area (Å²) in [5.41, 5.74) is 1.99. The van der Waals surface area contributed by atoms with Crippen LogP contribution in [0.25, 0.3) is 0 Å². The number of halogens is 3. The van der Waals surface area contributed by atoms with Gasteiger partial charge in [-0.3, -0.25) is 4.79 Å². The minimum Gasteiger partial charge on any atom is -0.368 e. The van der Waals surface area contributed by atoms with Gasteiger partial charge in [0.25, 0.3) is 5.91 Å². The van der Waals surface area contributed by atoms with E-state index in [0.717, 1.165) is 38.4 Å². The van der Waals surface area contributed by atoms with Crippen LogP contribution in [-0.2, 0) is 0 Å². The Labute approximate surface area is 168 Å². The summed E-state index contributed by atoms with van der Waals surface area (Å²) in [6.07, 6.45) is 0. The van der Waals surface area contributed by atoms with Gasteiger partial charge in [0, 0.05) is 36.9 Å². The number of hydrogen-bond acceptors (Lipinski definition) is 3. The fraction of sp³-hybridized carbons (Fsp3) is 0.316. The molecule has 2 aromatic carbocycles. The molecule has 3 rings (SSSR count). The fourth-order valence-electron chi connectivity index (χ4n) is 3.02. The van der Waals surface area contributed by atoms with Gasteiger partial charge in [-0.1, -0.05) is 41.7 Å². The van der Waals surface area contributed by atoms with Crippen molar-refractivity contribution in [3.8, 4) is 0 Å². The van der Waals surface area contributed by atoms with Crippen molar-refractivity contribution in [2.75, 3.05) is 42.9 Å². The predicted octanol–water partition coefficient (Wildman–Crippen LogP) is 5.04. The van der Waals surface area contributed by atoms with Crippen molar-refractivity contribution in [3.05, 3.63) is 57.0 Å². The van der Waals surface area contributed by atoms with E-state index in [2.05, 4.69) is 22.0 Å². The molecule has 0 unspecified atom stereocenters.